The maximum atomic E-state index is 15.6. The first-order chi connectivity index (χ1) is 47.6. The van der Waals surface area contributed by atoms with Gasteiger partial charge in [0.25, 0.3) is 5.56 Å². The maximum Gasteiger partial charge on any atom is 0.407 e. The Morgan fingerprint density at radius 2 is 1.58 bits per heavy atom. The number of esters is 1. The quantitative estimate of drug-likeness (QED) is 0.0290. The number of ether oxygens (including phenoxy) is 6. The number of anilines is 1. The fourth-order valence-electron chi connectivity index (χ4n) is 12.9. The number of aliphatic carboxylic acids is 1. The molecule has 6 aromatic rings. The van der Waals surface area contributed by atoms with Crippen molar-refractivity contribution in [2.24, 2.45) is 0 Å². The highest BCUT2D eigenvalue weighted by Gasteiger charge is 2.49. The number of aromatic nitrogens is 2. The molecule has 5 aliphatic rings. The fraction of sp³-hybridized carbons (Fsp3) is 0.400. The van der Waals surface area contributed by atoms with Gasteiger partial charge in [0.1, 0.15) is 49.1 Å². The van der Waals surface area contributed by atoms with Crippen LogP contribution in [-0.2, 0) is 102 Å². The molecule has 11 rings (SSSR count). The Balaban J connectivity index is 0.765. The number of fused-ring (bicyclic) bond motifs is 7. The van der Waals surface area contributed by atoms with E-state index in [2.05, 4.69) is 26.6 Å². The number of carbonyl (C=O) groups excluding carboxylic acids is 7. The van der Waals surface area contributed by atoms with Crippen molar-refractivity contribution in [2.45, 2.75) is 140 Å². The number of hydrogen-bond donors (Lipinski definition) is 10. The molecule has 10 N–H and O–H groups in total. The van der Waals surface area contributed by atoms with Gasteiger partial charge >= 0.3 is 18.0 Å². The molecule has 6 amide bonds. The molecule has 2 aromatic heterocycles. The Morgan fingerprint density at radius 1 is 0.818 bits per heavy atom. The number of aliphatic hydroxyl groups is 4. The zero-order chi connectivity index (χ0) is 70.4. The first kappa shape index (κ1) is 70.3. The van der Waals surface area contributed by atoms with E-state index in [1.807, 2.05) is 60.7 Å². The van der Waals surface area contributed by atoms with Crippen molar-refractivity contribution in [3.63, 3.8) is 0 Å². The minimum absolute atomic E-state index is 0.0239. The van der Waals surface area contributed by atoms with Gasteiger partial charge in [-0.25, -0.2) is 23.8 Å². The lowest BCUT2D eigenvalue weighted by atomic mass is 9.81. The van der Waals surface area contributed by atoms with Crippen LogP contribution in [0.25, 0.3) is 34.4 Å². The molecule has 99 heavy (non-hydrogen) atoms. The lowest BCUT2D eigenvalue weighted by Gasteiger charge is -2.38. The number of para-hydroxylation sites is 1. The molecule has 0 bridgehead atoms. The molecule has 1 fully saturated rings. The fourth-order valence-corrected chi connectivity index (χ4v) is 12.9. The molecule has 1 saturated heterocycles. The predicted molar refractivity (Wildman–Crippen MR) is 349 cm³/mol. The highest BCUT2D eigenvalue weighted by atomic mass is 19.1. The molecule has 28 nitrogen and oxygen atoms in total. The van der Waals surface area contributed by atoms with Crippen LogP contribution in [0, 0.1) is 12.7 Å². The summed E-state index contributed by atoms with van der Waals surface area (Å²) in [4.78, 5) is 128. The number of cyclic esters (lactones) is 1. The van der Waals surface area contributed by atoms with Crippen molar-refractivity contribution >= 4 is 76.3 Å². The SMILES string of the molecule is CC[C@@]1(O)C(=O)OCc2c1cc1n(c2=O)Cc2c-1nc1cc(F)c(C)c3c1c2[C@@H](NC(=O)OCc1ccc(O[C@@H]2O[C@H](C(=O)O)[C@@H](O)[C@H](O)[C@H]2O)c(CNC(=O)CCNC(=O)[C@H](CNC(=O)CCOCCOC)NC(=O)CCC(=O)N2Cc4ccccc4/C=C\c4ccccc42)c1)CC3. The third-order valence-electron chi connectivity index (χ3n) is 18.3. The summed E-state index contributed by atoms with van der Waals surface area (Å²) in [5.74, 6) is -6.22. The van der Waals surface area contributed by atoms with E-state index < -0.39 is 108 Å². The number of carboxylic acids is 1. The summed E-state index contributed by atoms with van der Waals surface area (Å²) in [6.45, 7) is 2.15. The van der Waals surface area contributed by atoms with Crippen molar-refractivity contribution < 1.29 is 96.7 Å². The number of carbonyl (C=O) groups is 8. The van der Waals surface area contributed by atoms with Crippen molar-refractivity contribution in [1.29, 1.82) is 0 Å². The summed E-state index contributed by atoms with van der Waals surface area (Å²) in [6.07, 6.45) is -7.57. The zero-order valence-corrected chi connectivity index (χ0v) is 54.3. The van der Waals surface area contributed by atoms with Crippen LogP contribution in [0.4, 0.5) is 14.9 Å². The van der Waals surface area contributed by atoms with Crippen LogP contribution in [0.1, 0.15) is 113 Å². The monoisotopic (exact) mass is 1370 g/mol. The summed E-state index contributed by atoms with van der Waals surface area (Å²) in [7, 11) is 1.50. The average molecular weight is 1370 g/mol. The predicted octanol–water partition coefficient (Wildman–Crippen LogP) is 2.99. The van der Waals surface area contributed by atoms with Gasteiger partial charge in [-0.15, -0.1) is 0 Å². The number of benzene rings is 4. The Kier molecular flexibility index (Phi) is 21.6. The van der Waals surface area contributed by atoms with E-state index in [0.717, 1.165) is 16.7 Å². The molecule has 4 aliphatic heterocycles. The number of amides is 6. The van der Waals surface area contributed by atoms with Gasteiger partial charge in [-0.3, -0.25) is 28.8 Å². The maximum absolute atomic E-state index is 15.6. The van der Waals surface area contributed by atoms with E-state index in [1.165, 1.54) is 42.0 Å². The lowest BCUT2D eigenvalue weighted by molar-refractivity contribution is -0.271. The molecule has 1 aliphatic carbocycles. The summed E-state index contributed by atoms with van der Waals surface area (Å²) >= 11 is 0. The number of aliphatic hydroxyl groups excluding tert-OH is 3. The molecule has 0 saturated carbocycles. The minimum Gasteiger partial charge on any atom is -0.479 e. The lowest BCUT2D eigenvalue weighted by Crippen LogP contribution is -2.61. The topological polar surface area (TPSA) is 391 Å². The van der Waals surface area contributed by atoms with Gasteiger partial charge in [-0.2, -0.15) is 0 Å². The van der Waals surface area contributed by atoms with Gasteiger partial charge in [0.2, 0.25) is 35.8 Å². The number of methoxy groups -OCH3 is 1. The molecular weight excluding hydrogens is 1290 g/mol. The van der Waals surface area contributed by atoms with Crippen molar-refractivity contribution in [1.82, 2.24) is 36.1 Å². The minimum atomic E-state index is -2.11. The first-order valence-corrected chi connectivity index (χ1v) is 32.4. The van der Waals surface area contributed by atoms with Crippen LogP contribution in [0.15, 0.2) is 83.7 Å². The number of nitrogens with one attached hydrogen (secondary N) is 5. The van der Waals surface area contributed by atoms with E-state index in [4.69, 9.17) is 33.4 Å². The highest BCUT2D eigenvalue weighted by Crippen LogP contribution is 2.46. The van der Waals surface area contributed by atoms with E-state index in [0.29, 0.717) is 51.9 Å². The van der Waals surface area contributed by atoms with Gasteiger partial charge in [-0.05, 0) is 89.4 Å². The number of aryl methyl sites for hydroxylation is 1. The van der Waals surface area contributed by atoms with Crippen molar-refractivity contribution in [3.05, 3.63) is 156 Å². The van der Waals surface area contributed by atoms with Crippen LogP contribution >= 0.6 is 0 Å². The standard InChI is InChI=1S/C70H75FN8O20/c1-4-70(93)45-28-51-59-43(33-79(51)65(88)44(45)35-96-68(70)91)58-47(17-16-42-36(2)46(71)29-48(76-59)57(42)58)77-69(92)97-34-37-13-18-52(98-67-62(86)60(84)61(85)63(99-67)66(89)90)41(27-37)30-73-53(80)21-23-72-64(87)49(31-74-54(81)22-24-95-26-25-94-3)75-55(82)19-20-56(83)78-32-40-11-6-5-9-38(40)14-15-39-10-7-8-12-50(39)78/h5-15,18,27-29,47,49,60-63,67,84-86,93H,4,16-17,19-26,30-35H2,1-3H3,(H,72,87)(H,73,80)(H,74,81)(H,75,82)(H,77,92)(H,89,90)/b15-14-/t47-,49-,60-,61-,62+,63-,67+,70-/m0/s1. The number of carboxylic acid groups (broad SMARTS) is 1. The number of alkyl carbamates (subject to hydrolysis) is 1. The second-order valence-electron chi connectivity index (χ2n) is 24.6. The van der Waals surface area contributed by atoms with E-state index >= 15 is 4.39 Å². The number of rotatable bonds is 25. The Morgan fingerprint density at radius 3 is 2.35 bits per heavy atom. The van der Waals surface area contributed by atoms with Gasteiger partial charge in [0.05, 0.1) is 67.1 Å². The van der Waals surface area contributed by atoms with Crippen molar-refractivity contribution in [3.8, 4) is 17.1 Å². The summed E-state index contributed by atoms with van der Waals surface area (Å²) < 4.78 is 49.8. The molecule has 0 unspecified atom stereocenters. The molecule has 0 spiro atoms. The van der Waals surface area contributed by atoms with Crippen LogP contribution < -0.4 is 41.8 Å². The largest absolute Gasteiger partial charge is 0.479 e. The van der Waals surface area contributed by atoms with E-state index in [-0.39, 0.29) is 136 Å². The van der Waals surface area contributed by atoms with Gasteiger partial charge < -0.3 is 90.0 Å². The third-order valence-corrected chi connectivity index (χ3v) is 18.3. The number of nitrogens with zero attached hydrogens (tertiary/aromatic N) is 3. The highest BCUT2D eigenvalue weighted by molar-refractivity contribution is 5.99. The Hall–Kier alpha value is -10.0. The first-order valence-electron chi connectivity index (χ1n) is 32.4. The Labute approximate surface area is 565 Å². The zero-order valence-electron chi connectivity index (χ0n) is 54.3. The van der Waals surface area contributed by atoms with Gasteiger partial charge in [-0.1, -0.05) is 67.6 Å². The number of halogens is 1. The van der Waals surface area contributed by atoms with E-state index in [1.54, 1.807) is 18.7 Å². The van der Waals surface area contributed by atoms with Crippen LogP contribution in [0.5, 0.6) is 5.75 Å². The molecule has 6 heterocycles. The molecule has 8 atom stereocenters. The second-order valence-corrected chi connectivity index (χ2v) is 24.6. The summed E-state index contributed by atoms with van der Waals surface area (Å²) in [6, 6.07) is 19.8. The van der Waals surface area contributed by atoms with Crippen LogP contribution in [-0.4, -0.2) is 159 Å². The smallest absolute Gasteiger partial charge is 0.407 e. The third kappa shape index (κ3) is 15.0. The number of pyridine rings is 2. The molecular formula is C70H75FN8O20. The van der Waals surface area contributed by atoms with Crippen molar-refractivity contribution in [2.75, 3.05) is 44.9 Å². The molecule has 0 radical (unpaired) electrons. The molecule has 4 aromatic carbocycles. The average Bonchev–Trinajstić information content (AvgIpc) is 1.61. The molecule has 29 heteroatoms. The van der Waals surface area contributed by atoms with E-state index in [9.17, 15) is 68.7 Å². The Bertz CT molecular complexity index is 4280. The van der Waals surface area contributed by atoms with Crippen LogP contribution in [0.3, 0.4) is 0 Å². The summed E-state index contributed by atoms with van der Waals surface area (Å²) in [5, 5.41) is 67.2. The van der Waals surface area contributed by atoms with Gasteiger partial charge in [0.15, 0.2) is 11.7 Å². The number of hydrogen-bond acceptors (Lipinski definition) is 20. The second kappa shape index (κ2) is 30.4. The van der Waals surface area contributed by atoms with Gasteiger partial charge in [0, 0.05) is 80.6 Å². The summed E-state index contributed by atoms with van der Waals surface area (Å²) in [5.41, 5.74) is 4.17. The normalized spacial score (nSPS) is 20.8. The molecule has 522 valence electrons. The van der Waals surface area contributed by atoms with Crippen LogP contribution in [0.2, 0.25) is 0 Å².